The van der Waals surface area contributed by atoms with E-state index in [-0.39, 0.29) is 39.5 Å². The van der Waals surface area contributed by atoms with Gasteiger partial charge in [0, 0.05) is 24.0 Å². The van der Waals surface area contributed by atoms with Crippen LogP contribution in [-0.4, -0.2) is 44.3 Å². The van der Waals surface area contributed by atoms with E-state index in [1.54, 1.807) is 19.1 Å². The van der Waals surface area contributed by atoms with Crippen LogP contribution in [0.3, 0.4) is 0 Å². The van der Waals surface area contributed by atoms with Gasteiger partial charge in [0.2, 0.25) is 11.8 Å². The summed E-state index contributed by atoms with van der Waals surface area (Å²) in [5.74, 6) is -0.916. The Hall–Kier alpha value is -3.37. The van der Waals surface area contributed by atoms with Gasteiger partial charge in [0.1, 0.15) is 12.6 Å². The van der Waals surface area contributed by atoms with Crippen LogP contribution in [0, 0.1) is 6.92 Å². The minimum Gasteiger partial charge on any atom is -0.355 e. The highest BCUT2D eigenvalue weighted by molar-refractivity contribution is 9.10. The van der Waals surface area contributed by atoms with Gasteiger partial charge < -0.3 is 10.2 Å². The number of carbonyl (C=O) groups is 2. The Morgan fingerprint density at radius 1 is 0.864 bits per heavy atom. The molecular formula is C33H32BrCl2N3O4S. The van der Waals surface area contributed by atoms with E-state index in [0.29, 0.717) is 6.54 Å². The molecule has 4 aromatic rings. The molecule has 4 rings (SSSR count). The number of amides is 2. The van der Waals surface area contributed by atoms with Crippen molar-refractivity contribution in [2.75, 3.05) is 17.4 Å². The normalized spacial score (nSPS) is 11.9. The molecule has 0 aliphatic heterocycles. The molecule has 0 saturated carbocycles. The van der Waals surface area contributed by atoms with Crippen molar-refractivity contribution in [3.8, 4) is 0 Å². The SMILES string of the molecule is CCNC(=O)[C@H](Cc1ccccc1)N(Cc1cccc(Br)c1)C(=O)CN(c1ccc(Cl)c(Cl)c1)S(=O)(=O)c1ccc(C)cc1. The van der Waals surface area contributed by atoms with Gasteiger partial charge in [0.05, 0.1) is 20.6 Å². The van der Waals surface area contributed by atoms with Gasteiger partial charge in [-0.3, -0.25) is 13.9 Å². The van der Waals surface area contributed by atoms with Crippen LogP contribution >= 0.6 is 39.1 Å². The van der Waals surface area contributed by atoms with Gasteiger partial charge in [-0.05, 0) is 67.4 Å². The fraction of sp³-hybridized carbons (Fsp3) is 0.212. The molecule has 1 N–H and O–H groups in total. The second-order valence-electron chi connectivity index (χ2n) is 10.2. The molecule has 0 fully saturated rings. The van der Waals surface area contributed by atoms with Gasteiger partial charge in [-0.1, -0.05) is 99.3 Å². The molecule has 0 unspecified atom stereocenters. The smallest absolute Gasteiger partial charge is 0.264 e. The number of sulfonamides is 1. The summed E-state index contributed by atoms with van der Waals surface area (Å²) in [5, 5.41) is 3.23. The second kappa shape index (κ2) is 15.1. The molecule has 0 aromatic heterocycles. The molecule has 0 spiro atoms. The fourth-order valence-corrected chi connectivity index (χ4v) is 6.83. The number of carbonyl (C=O) groups excluding carboxylic acids is 2. The van der Waals surface area contributed by atoms with Crippen LogP contribution in [0.2, 0.25) is 10.0 Å². The van der Waals surface area contributed by atoms with E-state index in [1.165, 1.54) is 35.2 Å². The molecule has 11 heteroatoms. The summed E-state index contributed by atoms with van der Waals surface area (Å²) in [6, 6.07) is 26.6. The summed E-state index contributed by atoms with van der Waals surface area (Å²) in [7, 11) is -4.25. The summed E-state index contributed by atoms with van der Waals surface area (Å²) < 4.78 is 30.0. The largest absolute Gasteiger partial charge is 0.355 e. The number of likely N-dealkylation sites (N-methyl/N-ethyl adjacent to an activating group) is 1. The minimum atomic E-state index is -4.25. The van der Waals surface area contributed by atoms with E-state index in [2.05, 4.69) is 21.2 Å². The average molecular weight is 718 g/mol. The van der Waals surface area contributed by atoms with E-state index in [4.69, 9.17) is 23.2 Å². The van der Waals surface area contributed by atoms with Crippen LogP contribution in [0.1, 0.15) is 23.6 Å². The van der Waals surface area contributed by atoms with E-state index in [1.807, 2.05) is 61.5 Å². The molecule has 0 aliphatic rings. The van der Waals surface area contributed by atoms with Crippen LogP contribution < -0.4 is 9.62 Å². The molecule has 0 saturated heterocycles. The minimum absolute atomic E-state index is 0.00470. The number of benzene rings is 4. The molecular weight excluding hydrogens is 685 g/mol. The third-order valence-corrected chi connectivity index (χ3v) is 9.96. The first kappa shape index (κ1) is 33.5. The Labute approximate surface area is 277 Å². The Bertz CT molecular complexity index is 1720. The number of anilines is 1. The number of nitrogens with zero attached hydrogens (tertiary/aromatic N) is 2. The molecule has 44 heavy (non-hydrogen) atoms. The standard InChI is InChI=1S/C33H32BrCl2N3O4S/c1-3-37-33(41)31(19-24-8-5-4-6-9-24)38(21-25-10-7-11-26(34)18-25)32(40)22-39(27-14-17-29(35)30(36)20-27)44(42,43)28-15-12-23(2)13-16-28/h4-18,20,31H,3,19,21-22H2,1-2H3,(H,37,41)/t31-/m0/s1. The van der Waals surface area contributed by atoms with Gasteiger partial charge >= 0.3 is 0 Å². The molecule has 230 valence electrons. The van der Waals surface area contributed by atoms with Gasteiger partial charge in [-0.15, -0.1) is 0 Å². The molecule has 0 aliphatic carbocycles. The Morgan fingerprint density at radius 2 is 1.55 bits per heavy atom. The van der Waals surface area contributed by atoms with E-state index >= 15 is 0 Å². The lowest BCUT2D eigenvalue weighted by Gasteiger charge is -2.34. The lowest BCUT2D eigenvalue weighted by atomic mass is 10.0. The third-order valence-electron chi connectivity index (χ3n) is 6.94. The Morgan fingerprint density at radius 3 is 2.18 bits per heavy atom. The van der Waals surface area contributed by atoms with Crippen molar-refractivity contribution >= 4 is 66.7 Å². The zero-order chi connectivity index (χ0) is 31.9. The van der Waals surface area contributed by atoms with Crippen LogP contribution in [0.5, 0.6) is 0 Å². The van der Waals surface area contributed by atoms with Crippen molar-refractivity contribution < 1.29 is 18.0 Å². The zero-order valence-corrected chi connectivity index (χ0v) is 28.1. The number of hydrogen-bond donors (Lipinski definition) is 1. The maximum absolute atomic E-state index is 14.4. The summed E-state index contributed by atoms with van der Waals surface area (Å²) >= 11 is 15.9. The lowest BCUT2D eigenvalue weighted by molar-refractivity contribution is -0.140. The van der Waals surface area contributed by atoms with Crippen LogP contribution in [-0.2, 0) is 32.6 Å². The number of halogens is 3. The molecule has 0 bridgehead atoms. The van der Waals surface area contributed by atoms with Crippen molar-refractivity contribution in [1.29, 1.82) is 0 Å². The fourth-order valence-electron chi connectivity index (χ4n) is 4.68. The topological polar surface area (TPSA) is 86.8 Å². The number of nitrogens with one attached hydrogen (secondary N) is 1. The van der Waals surface area contributed by atoms with Crippen molar-refractivity contribution in [2.45, 2.75) is 37.8 Å². The Kier molecular flexibility index (Phi) is 11.5. The first-order valence-electron chi connectivity index (χ1n) is 13.9. The molecule has 1 atom stereocenters. The van der Waals surface area contributed by atoms with Crippen molar-refractivity contribution in [3.63, 3.8) is 0 Å². The van der Waals surface area contributed by atoms with Crippen molar-refractivity contribution in [3.05, 3.63) is 128 Å². The highest BCUT2D eigenvalue weighted by Gasteiger charge is 2.34. The first-order valence-corrected chi connectivity index (χ1v) is 16.9. The first-order chi connectivity index (χ1) is 21.0. The van der Waals surface area contributed by atoms with Gasteiger partial charge in [0.25, 0.3) is 10.0 Å². The third kappa shape index (κ3) is 8.41. The summed E-state index contributed by atoms with van der Waals surface area (Å²) in [6.07, 6.45) is 0.226. The predicted molar refractivity (Wildman–Crippen MR) is 179 cm³/mol. The van der Waals surface area contributed by atoms with Gasteiger partial charge in [-0.2, -0.15) is 0 Å². The van der Waals surface area contributed by atoms with Crippen molar-refractivity contribution in [2.24, 2.45) is 0 Å². The van der Waals surface area contributed by atoms with Crippen LogP contribution in [0.15, 0.2) is 106 Å². The van der Waals surface area contributed by atoms with Gasteiger partial charge in [-0.25, -0.2) is 8.42 Å². The van der Waals surface area contributed by atoms with E-state index < -0.39 is 28.5 Å². The van der Waals surface area contributed by atoms with Crippen LogP contribution in [0.4, 0.5) is 5.69 Å². The quantitative estimate of drug-likeness (QED) is 0.171. The number of rotatable bonds is 12. The Balaban J connectivity index is 1.81. The highest BCUT2D eigenvalue weighted by atomic mass is 79.9. The molecule has 4 aromatic carbocycles. The summed E-state index contributed by atoms with van der Waals surface area (Å²) in [6.45, 7) is 3.49. The summed E-state index contributed by atoms with van der Waals surface area (Å²) in [4.78, 5) is 29.4. The lowest BCUT2D eigenvalue weighted by Crippen LogP contribution is -2.53. The molecule has 7 nitrogen and oxygen atoms in total. The van der Waals surface area contributed by atoms with Gasteiger partial charge in [0.15, 0.2) is 0 Å². The number of aryl methyl sites for hydroxylation is 1. The molecule has 0 radical (unpaired) electrons. The second-order valence-corrected chi connectivity index (χ2v) is 13.8. The average Bonchev–Trinajstić information content (AvgIpc) is 3.00. The van der Waals surface area contributed by atoms with E-state index in [9.17, 15) is 18.0 Å². The maximum Gasteiger partial charge on any atom is 0.264 e. The van der Waals surface area contributed by atoms with E-state index in [0.717, 1.165) is 25.5 Å². The zero-order valence-electron chi connectivity index (χ0n) is 24.2. The summed E-state index contributed by atoms with van der Waals surface area (Å²) in [5.41, 5.74) is 2.65. The number of hydrogen-bond acceptors (Lipinski definition) is 4. The van der Waals surface area contributed by atoms with Crippen molar-refractivity contribution in [1.82, 2.24) is 10.2 Å². The monoisotopic (exact) mass is 715 g/mol. The van der Waals surface area contributed by atoms with Crippen LogP contribution in [0.25, 0.3) is 0 Å². The molecule has 2 amide bonds. The molecule has 0 heterocycles. The predicted octanol–water partition coefficient (Wildman–Crippen LogP) is 7.04. The maximum atomic E-state index is 14.4. The highest BCUT2D eigenvalue weighted by Crippen LogP contribution is 2.31.